The van der Waals surface area contributed by atoms with E-state index in [0.29, 0.717) is 5.69 Å². The summed E-state index contributed by atoms with van der Waals surface area (Å²) < 4.78 is 0. The highest BCUT2D eigenvalue weighted by molar-refractivity contribution is 5.92. The monoisotopic (exact) mass is 338 g/mol. The number of carbonyl (C=O) groups excluding carboxylic acids is 1. The van der Waals surface area contributed by atoms with Crippen LogP contribution in [0.2, 0.25) is 0 Å². The average Bonchev–Trinajstić information content (AvgIpc) is 2.69. The fourth-order valence-corrected chi connectivity index (χ4v) is 3.69. The quantitative estimate of drug-likeness (QED) is 0.914. The first-order valence-electron chi connectivity index (χ1n) is 8.96. The van der Waals surface area contributed by atoms with Crippen molar-refractivity contribution < 1.29 is 4.79 Å². The molecule has 1 aliphatic carbocycles. The van der Waals surface area contributed by atoms with Gasteiger partial charge in [-0.1, -0.05) is 0 Å². The zero-order chi connectivity index (χ0) is 17.1. The minimum Gasteiger partial charge on any atom is -0.356 e. The normalized spacial score (nSPS) is 17.8. The molecule has 1 N–H and O–H groups in total. The molecule has 0 aromatic carbocycles. The number of aromatic nitrogens is 4. The van der Waals surface area contributed by atoms with E-state index in [1.54, 1.807) is 12.5 Å². The minimum absolute atomic E-state index is 0.147. The van der Waals surface area contributed by atoms with Crippen LogP contribution < -0.4 is 10.2 Å². The molecule has 0 bridgehead atoms. The Labute approximate surface area is 146 Å². The Bertz CT molecular complexity index is 742. The number of hydrogen-bond donors (Lipinski definition) is 1. The van der Waals surface area contributed by atoms with Gasteiger partial charge in [-0.25, -0.2) is 15.0 Å². The fraction of sp³-hybridized carbons (Fsp3) is 0.500. The number of nitrogens with zero attached hydrogens (tertiary/aromatic N) is 5. The van der Waals surface area contributed by atoms with Crippen LogP contribution in [0.4, 0.5) is 5.82 Å². The number of rotatable bonds is 3. The zero-order valence-corrected chi connectivity index (χ0v) is 14.2. The summed E-state index contributed by atoms with van der Waals surface area (Å²) in [6, 6.07) is 0.170. The lowest BCUT2D eigenvalue weighted by molar-refractivity contribution is 0.0925. The first-order chi connectivity index (χ1) is 12.3. The van der Waals surface area contributed by atoms with E-state index in [0.717, 1.165) is 44.6 Å². The fourth-order valence-electron chi connectivity index (χ4n) is 3.69. The second kappa shape index (κ2) is 7.13. The van der Waals surface area contributed by atoms with Gasteiger partial charge in [0.15, 0.2) is 0 Å². The van der Waals surface area contributed by atoms with Gasteiger partial charge in [-0.3, -0.25) is 9.78 Å². The van der Waals surface area contributed by atoms with Gasteiger partial charge in [0.05, 0.1) is 6.20 Å². The SMILES string of the molecule is O=C(NC1CCN(c2ncnc3c2CCCC3)CC1)c1cnccn1. The van der Waals surface area contributed by atoms with E-state index in [4.69, 9.17) is 0 Å². The molecule has 0 unspecified atom stereocenters. The minimum atomic E-state index is -0.147. The van der Waals surface area contributed by atoms with Gasteiger partial charge in [-0.05, 0) is 38.5 Å². The Morgan fingerprint density at radius 3 is 2.72 bits per heavy atom. The Balaban J connectivity index is 1.38. The molecule has 130 valence electrons. The van der Waals surface area contributed by atoms with Gasteiger partial charge in [0.2, 0.25) is 0 Å². The van der Waals surface area contributed by atoms with E-state index in [1.165, 1.54) is 36.5 Å². The molecule has 1 fully saturated rings. The summed E-state index contributed by atoms with van der Waals surface area (Å²) in [6.45, 7) is 1.80. The van der Waals surface area contributed by atoms with E-state index in [-0.39, 0.29) is 11.9 Å². The summed E-state index contributed by atoms with van der Waals surface area (Å²) in [4.78, 5) is 31.6. The van der Waals surface area contributed by atoms with Gasteiger partial charge in [-0.15, -0.1) is 0 Å². The number of aryl methyl sites for hydroxylation is 1. The van der Waals surface area contributed by atoms with Crippen molar-refractivity contribution in [2.45, 2.75) is 44.6 Å². The van der Waals surface area contributed by atoms with Crippen LogP contribution in [0.5, 0.6) is 0 Å². The van der Waals surface area contributed by atoms with E-state index >= 15 is 0 Å². The lowest BCUT2D eigenvalue weighted by atomic mass is 9.95. The predicted molar refractivity (Wildman–Crippen MR) is 93.4 cm³/mol. The molecule has 7 heteroatoms. The van der Waals surface area contributed by atoms with Crippen LogP contribution in [0.15, 0.2) is 24.9 Å². The predicted octanol–water partition coefficient (Wildman–Crippen LogP) is 1.54. The van der Waals surface area contributed by atoms with Crippen molar-refractivity contribution in [2.24, 2.45) is 0 Å². The van der Waals surface area contributed by atoms with Crippen LogP contribution in [-0.2, 0) is 12.8 Å². The Hall–Kier alpha value is -2.57. The first-order valence-corrected chi connectivity index (χ1v) is 8.96. The summed E-state index contributed by atoms with van der Waals surface area (Å²) >= 11 is 0. The van der Waals surface area contributed by atoms with E-state index in [9.17, 15) is 4.79 Å². The third kappa shape index (κ3) is 3.45. The van der Waals surface area contributed by atoms with E-state index in [2.05, 4.69) is 30.2 Å². The summed E-state index contributed by atoms with van der Waals surface area (Å²) in [6.07, 6.45) is 12.7. The third-order valence-electron chi connectivity index (χ3n) is 5.03. The van der Waals surface area contributed by atoms with Crippen molar-refractivity contribution in [1.29, 1.82) is 0 Å². The van der Waals surface area contributed by atoms with Crippen molar-refractivity contribution in [1.82, 2.24) is 25.3 Å². The third-order valence-corrected chi connectivity index (χ3v) is 5.03. The highest BCUT2D eigenvalue weighted by Crippen LogP contribution is 2.28. The van der Waals surface area contributed by atoms with Crippen molar-refractivity contribution in [3.8, 4) is 0 Å². The zero-order valence-electron chi connectivity index (χ0n) is 14.2. The first kappa shape index (κ1) is 15.9. The average molecular weight is 338 g/mol. The number of carbonyl (C=O) groups is 1. The maximum absolute atomic E-state index is 12.2. The highest BCUT2D eigenvalue weighted by atomic mass is 16.1. The molecule has 2 aliphatic rings. The molecule has 1 amide bonds. The smallest absolute Gasteiger partial charge is 0.271 e. The summed E-state index contributed by atoms with van der Waals surface area (Å²) in [5.74, 6) is 0.953. The van der Waals surface area contributed by atoms with Crippen LogP contribution in [0, 0.1) is 0 Å². The number of fused-ring (bicyclic) bond motifs is 1. The van der Waals surface area contributed by atoms with Gasteiger partial charge in [0.25, 0.3) is 5.91 Å². The molecule has 3 heterocycles. The van der Waals surface area contributed by atoms with Gasteiger partial charge in [0.1, 0.15) is 17.8 Å². The topological polar surface area (TPSA) is 83.9 Å². The molecule has 1 saturated heterocycles. The van der Waals surface area contributed by atoms with Crippen molar-refractivity contribution in [3.05, 3.63) is 41.9 Å². The number of piperidine rings is 1. The molecule has 0 saturated carbocycles. The number of nitrogens with one attached hydrogen (secondary N) is 1. The molecular formula is C18H22N6O. The second-order valence-electron chi connectivity index (χ2n) is 6.66. The molecule has 2 aromatic rings. The highest BCUT2D eigenvalue weighted by Gasteiger charge is 2.25. The van der Waals surface area contributed by atoms with Crippen molar-refractivity contribution >= 4 is 11.7 Å². The molecule has 7 nitrogen and oxygen atoms in total. The molecule has 4 rings (SSSR count). The summed E-state index contributed by atoms with van der Waals surface area (Å²) in [7, 11) is 0. The molecule has 0 atom stereocenters. The van der Waals surface area contributed by atoms with Crippen LogP contribution >= 0.6 is 0 Å². The molecule has 1 aliphatic heterocycles. The molecule has 2 aromatic heterocycles. The largest absolute Gasteiger partial charge is 0.356 e. The van der Waals surface area contributed by atoms with Crippen LogP contribution in [0.25, 0.3) is 0 Å². The maximum Gasteiger partial charge on any atom is 0.271 e. The van der Waals surface area contributed by atoms with Crippen LogP contribution in [0.3, 0.4) is 0 Å². The molecule has 0 spiro atoms. The summed E-state index contributed by atoms with van der Waals surface area (Å²) in [5.41, 5.74) is 2.92. The lowest BCUT2D eigenvalue weighted by Gasteiger charge is -2.34. The Kier molecular flexibility index (Phi) is 4.54. The van der Waals surface area contributed by atoms with Gasteiger partial charge in [-0.2, -0.15) is 0 Å². The van der Waals surface area contributed by atoms with Crippen molar-refractivity contribution in [2.75, 3.05) is 18.0 Å². The standard InChI is InChI=1S/C18H22N6O/c25-18(16-11-19-7-8-20-16)23-13-5-9-24(10-6-13)17-14-3-1-2-4-15(14)21-12-22-17/h7-8,11-13H,1-6,9-10H2,(H,23,25). The van der Waals surface area contributed by atoms with E-state index in [1.807, 2.05) is 0 Å². The molecule has 0 radical (unpaired) electrons. The number of hydrogen-bond acceptors (Lipinski definition) is 6. The Morgan fingerprint density at radius 2 is 1.92 bits per heavy atom. The molecular weight excluding hydrogens is 316 g/mol. The van der Waals surface area contributed by atoms with Gasteiger partial charge >= 0.3 is 0 Å². The van der Waals surface area contributed by atoms with Crippen LogP contribution in [-0.4, -0.2) is 45.0 Å². The summed E-state index contributed by atoms with van der Waals surface area (Å²) in [5, 5.41) is 3.07. The van der Waals surface area contributed by atoms with Gasteiger partial charge in [0, 0.05) is 42.8 Å². The lowest BCUT2D eigenvalue weighted by Crippen LogP contribution is -2.45. The Morgan fingerprint density at radius 1 is 1.08 bits per heavy atom. The van der Waals surface area contributed by atoms with Crippen LogP contribution in [0.1, 0.15) is 47.4 Å². The molecule has 25 heavy (non-hydrogen) atoms. The second-order valence-corrected chi connectivity index (χ2v) is 6.66. The van der Waals surface area contributed by atoms with Crippen molar-refractivity contribution in [3.63, 3.8) is 0 Å². The maximum atomic E-state index is 12.2. The number of anilines is 1. The number of amides is 1. The van der Waals surface area contributed by atoms with Gasteiger partial charge < -0.3 is 10.2 Å². The van der Waals surface area contributed by atoms with E-state index < -0.39 is 0 Å².